The minimum atomic E-state index is -4.87. The Balaban J connectivity index is 2.92. The molecule has 0 N–H and O–H groups in total. The van der Waals surface area contributed by atoms with Crippen LogP contribution in [-0.2, 0) is 0 Å². The van der Waals surface area contributed by atoms with E-state index >= 15 is 0 Å². The van der Waals surface area contributed by atoms with Crippen LogP contribution >= 0.6 is 0 Å². The Labute approximate surface area is 64.6 Å². The molecule has 1 fully saturated rings. The van der Waals surface area contributed by atoms with Crippen LogP contribution in [-0.4, -0.2) is 24.2 Å². The molecule has 6 heteroatoms. The van der Waals surface area contributed by atoms with Gasteiger partial charge in [-0.1, -0.05) is 0 Å². The van der Waals surface area contributed by atoms with E-state index in [4.69, 9.17) is 0 Å². The Morgan fingerprint density at radius 2 is 1.00 bits per heavy atom. The molecule has 0 heterocycles. The first-order valence-electron chi connectivity index (χ1n) is 3.34. The smallest absolute Gasteiger partial charge is 0.241 e. The van der Waals surface area contributed by atoms with Gasteiger partial charge in [-0.25, -0.2) is 8.78 Å². The van der Waals surface area contributed by atoms with Gasteiger partial charge in [0, 0.05) is 0 Å². The molecule has 0 spiro atoms. The average Bonchev–Trinajstić information content (AvgIpc) is 1.96. The summed E-state index contributed by atoms with van der Waals surface area (Å²) in [6, 6.07) is 0. The van der Waals surface area contributed by atoms with Crippen molar-refractivity contribution in [2.24, 2.45) is 0 Å². The average molecular weight is 192 g/mol. The van der Waals surface area contributed by atoms with Gasteiger partial charge in [0.25, 0.3) is 0 Å². The second-order valence-corrected chi connectivity index (χ2v) is 2.76. The summed E-state index contributed by atoms with van der Waals surface area (Å²) in [5.74, 6) is -9.74. The van der Waals surface area contributed by atoms with Gasteiger partial charge in [0.05, 0.1) is 0 Å². The molecule has 1 aliphatic rings. The number of hydrogen-bond donors (Lipinski definition) is 0. The molecule has 0 aliphatic heterocycles. The molecular weight excluding hydrogens is 186 g/mol. The zero-order chi connectivity index (χ0) is 9.57. The van der Waals surface area contributed by atoms with E-state index in [2.05, 4.69) is 0 Å². The standard InChI is InChI=1S/C6H6F6/c7-3-1-2-4(8)6(11,12)5(3,9)10/h3-4H,1-2H2. The topological polar surface area (TPSA) is 0 Å². The first-order valence-corrected chi connectivity index (χ1v) is 3.34. The van der Waals surface area contributed by atoms with E-state index in [1.54, 1.807) is 0 Å². The van der Waals surface area contributed by atoms with Gasteiger partial charge in [-0.15, -0.1) is 0 Å². The molecule has 0 aromatic carbocycles. The molecule has 2 unspecified atom stereocenters. The molecule has 12 heavy (non-hydrogen) atoms. The highest BCUT2D eigenvalue weighted by molar-refractivity contribution is 5.00. The van der Waals surface area contributed by atoms with Crippen molar-refractivity contribution in [1.82, 2.24) is 0 Å². The Hall–Kier alpha value is -0.420. The van der Waals surface area contributed by atoms with Crippen molar-refractivity contribution >= 4 is 0 Å². The lowest BCUT2D eigenvalue weighted by molar-refractivity contribution is -0.282. The van der Waals surface area contributed by atoms with Crippen LogP contribution in [0.2, 0.25) is 0 Å². The maximum atomic E-state index is 12.3. The highest BCUT2D eigenvalue weighted by atomic mass is 19.3. The van der Waals surface area contributed by atoms with Crippen molar-refractivity contribution in [3.8, 4) is 0 Å². The predicted molar refractivity (Wildman–Crippen MR) is 28.9 cm³/mol. The van der Waals surface area contributed by atoms with E-state index in [1.807, 2.05) is 0 Å². The summed E-state index contributed by atoms with van der Waals surface area (Å²) in [6.07, 6.45) is -7.60. The SMILES string of the molecule is FC1CCC(F)C(F)(F)C1(F)F. The fraction of sp³-hybridized carbons (Fsp3) is 1.00. The van der Waals surface area contributed by atoms with Gasteiger partial charge >= 0.3 is 11.8 Å². The predicted octanol–water partition coefficient (Wildman–Crippen LogP) is 2.73. The fourth-order valence-electron chi connectivity index (χ4n) is 1.07. The quantitative estimate of drug-likeness (QED) is 0.517. The summed E-state index contributed by atoms with van der Waals surface area (Å²) in [6.45, 7) is 0. The van der Waals surface area contributed by atoms with Gasteiger partial charge in [0.15, 0.2) is 12.3 Å². The molecule has 0 nitrogen and oxygen atoms in total. The van der Waals surface area contributed by atoms with Gasteiger partial charge in [0.2, 0.25) is 0 Å². The van der Waals surface area contributed by atoms with Crippen molar-refractivity contribution in [3.63, 3.8) is 0 Å². The number of alkyl halides is 6. The molecule has 0 bridgehead atoms. The van der Waals surface area contributed by atoms with Crippen LogP contribution in [0.15, 0.2) is 0 Å². The summed E-state index contributed by atoms with van der Waals surface area (Å²) in [5.41, 5.74) is 0. The van der Waals surface area contributed by atoms with Gasteiger partial charge in [-0.2, -0.15) is 17.6 Å². The molecule has 1 rings (SSSR count). The Kier molecular flexibility index (Phi) is 2.04. The molecule has 72 valence electrons. The van der Waals surface area contributed by atoms with Crippen LogP contribution in [0.1, 0.15) is 12.8 Å². The van der Waals surface area contributed by atoms with Crippen molar-refractivity contribution in [1.29, 1.82) is 0 Å². The number of halogens is 6. The monoisotopic (exact) mass is 192 g/mol. The zero-order valence-electron chi connectivity index (χ0n) is 5.84. The first kappa shape index (κ1) is 9.67. The van der Waals surface area contributed by atoms with Gasteiger partial charge in [0.1, 0.15) is 0 Å². The zero-order valence-corrected chi connectivity index (χ0v) is 5.84. The maximum absolute atomic E-state index is 12.3. The molecule has 2 atom stereocenters. The highest BCUT2D eigenvalue weighted by Crippen LogP contribution is 2.48. The van der Waals surface area contributed by atoms with Crippen molar-refractivity contribution in [2.45, 2.75) is 37.0 Å². The van der Waals surface area contributed by atoms with Crippen molar-refractivity contribution in [2.75, 3.05) is 0 Å². The van der Waals surface area contributed by atoms with Crippen LogP contribution in [0.4, 0.5) is 26.3 Å². The molecule has 0 amide bonds. The van der Waals surface area contributed by atoms with Crippen LogP contribution in [0.25, 0.3) is 0 Å². The summed E-state index contributed by atoms with van der Waals surface area (Å²) < 4.78 is 73.5. The largest absolute Gasteiger partial charge is 0.343 e. The summed E-state index contributed by atoms with van der Waals surface area (Å²) in [5, 5.41) is 0. The lowest BCUT2D eigenvalue weighted by atomic mass is 9.89. The van der Waals surface area contributed by atoms with E-state index in [0.29, 0.717) is 0 Å². The third kappa shape index (κ3) is 1.08. The second kappa shape index (κ2) is 2.53. The Morgan fingerprint density at radius 1 is 0.750 bits per heavy atom. The van der Waals surface area contributed by atoms with E-state index in [1.165, 1.54) is 0 Å². The van der Waals surface area contributed by atoms with Crippen molar-refractivity contribution in [3.05, 3.63) is 0 Å². The van der Waals surface area contributed by atoms with E-state index in [-0.39, 0.29) is 0 Å². The number of rotatable bonds is 0. The Bertz CT molecular complexity index is 157. The van der Waals surface area contributed by atoms with Crippen LogP contribution in [0.5, 0.6) is 0 Å². The molecular formula is C6H6F6. The first-order chi connectivity index (χ1) is 5.30. The van der Waals surface area contributed by atoms with Gasteiger partial charge < -0.3 is 0 Å². The van der Waals surface area contributed by atoms with E-state index in [0.717, 1.165) is 0 Å². The minimum Gasteiger partial charge on any atom is -0.241 e. The molecule has 0 radical (unpaired) electrons. The summed E-state index contributed by atoms with van der Waals surface area (Å²) in [4.78, 5) is 0. The van der Waals surface area contributed by atoms with Gasteiger partial charge in [-0.05, 0) is 12.8 Å². The molecule has 0 saturated heterocycles. The Morgan fingerprint density at radius 3 is 1.25 bits per heavy atom. The van der Waals surface area contributed by atoms with Crippen LogP contribution in [0.3, 0.4) is 0 Å². The highest BCUT2D eigenvalue weighted by Gasteiger charge is 2.68. The third-order valence-corrected chi connectivity index (χ3v) is 1.90. The van der Waals surface area contributed by atoms with Crippen LogP contribution < -0.4 is 0 Å². The molecule has 1 saturated carbocycles. The molecule has 1 aliphatic carbocycles. The second-order valence-electron chi connectivity index (χ2n) is 2.76. The lowest BCUT2D eigenvalue weighted by Crippen LogP contribution is -2.57. The number of hydrogen-bond acceptors (Lipinski definition) is 0. The minimum absolute atomic E-state index is 0.857. The van der Waals surface area contributed by atoms with Gasteiger partial charge in [-0.3, -0.25) is 0 Å². The third-order valence-electron chi connectivity index (χ3n) is 1.90. The van der Waals surface area contributed by atoms with E-state index in [9.17, 15) is 26.3 Å². The fourth-order valence-corrected chi connectivity index (χ4v) is 1.07. The molecule has 0 aromatic heterocycles. The summed E-state index contributed by atoms with van der Waals surface area (Å²) >= 11 is 0. The van der Waals surface area contributed by atoms with E-state index < -0.39 is 37.0 Å². The molecule has 0 aromatic rings. The summed E-state index contributed by atoms with van der Waals surface area (Å²) in [7, 11) is 0. The lowest BCUT2D eigenvalue weighted by Gasteiger charge is -2.35. The van der Waals surface area contributed by atoms with Crippen molar-refractivity contribution < 1.29 is 26.3 Å². The van der Waals surface area contributed by atoms with Crippen LogP contribution in [0, 0.1) is 0 Å². The maximum Gasteiger partial charge on any atom is 0.343 e. The normalized spacial score (nSPS) is 39.5.